The Morgan fingerprint density at radius 3 is 1.66 bits per heavy atom. The van der Waals surface area contributed by atoms with Crippen molar-refractivity contribution in [1.29, 1.82) is 0 Å². The number of hydrogen-bond acceptors (Lipinski definition) is 17. The lowest BCUT2D eigenvalue weighted by atomic mass is 10.2. The molecule has 20 nitrogen and oxygen atoms in total. The molecule has 26 heteroatoms. The first-order valence-corrected chi connectivity index (χ1v) is 25.4. The number of ether oxygens (including phenoxy) is 2. The molecule has 53 heavy (non-hydrogen) atoms. The van der Waals surface area contributed by atoms with Gasteiger partial charge in [-0.3, -0.25) is 29.5 Å². The van der Waals surface area contributed by atoms with Crippen LogP contribution in [-0.4, -0.2) is 84.4 Å². The molecule has 0 aromatic heterocycles. The molecule has 0 unspecified atom stereocenters. The van der Waals surface area contributed by atoms with Crippen LogP contribution in [0.25, 0.3) is 0 Å². The summed E-state index contributed by atoms with van der Waals surface area (Å²) < 4.78 is 104. The van der Waals surface area contributed by atoms with Crippen molar-refractivity contribution in [3.05, 3.63) is 78.2 Å². The van der Waals surface area contributed by atoms with Crippen molar-refractivity contribution in [2.24, 2.45) is 10.2 Å². The second kappa shape index (κ2) is 17.7. The number of hydrogen-bond donors (Lipinski definition) is 5. The quantitative estimate of drug-likeness (QED) is 0.0731. The number of rotatable bonds is 17. The predicted octanol–water partition coefficient (Wildman–Crippen LogP) is 1.75. The van der Waals surface area contributed by atoms with Crippen molar-refractivity contribution in [1.82, 2.24) is 0 Å². The van der Waals surface area contributed by atoms with Crippen molar-refractivity contribution in [2.75, 3.05) is 49.8 Å². The molecule has 0 spiro atoms. The van der Waals surface area contributed by atoms with Crippen LogP contribution in [-0.2, 0) is 39.0 Å². The van der Waals surface area contributed by atoms with Gasteiger partial charge in [-0.2, -0.15) is 27.0 Å². The van der Waals surface area contributed by atoms with Gasteiger partial charge in [-0.1, -0.05) is 0 Å². The van der Waals surface area contributed by atoms with Gasteiger partial charge in [0.1, 0.15) is 16.9 Å². The lowest BCUT2D eigenvalue weighted by Gasteiger charge is -2.29. The highest BCUT2D eigenvalue weighted by Crippen LogP contribution is 2.71. The van der Waals surface area contributed by atoms with Gasteiger partial charge in [-0.05, 0) is 85.6 Å². The van der Waals surface area contributed by atoms with Crippen LogP contribution in [0.4, 0.5) is 11.4 Å². The van der Waals surface area contributed by atoms with E-state index in [9.17, 15) is 44.7 Å². The van der Waals surface area contributed by atoms with Crippen LogP contribution in [0.15, 0.2) is 59.9 Å². The Hall–Kier alpha value is -2.97. The average molecular weight is 1050 g/mol. The normalized spacial score (nSPS) is 13.5. The zero-order valence-electron chi connectivity index (χ0n) is 27.6. The van der Waals surface area contributed by atoms with E-state index in [0.717, 1.165) is 11.0 Å². The molecule has 5 N–H and O–H groups in total. The molecule has 3 rings (SSSR count). The number of methoxy groups -OCH3 is 2. The highest BCUT2D eigenvalue weighted by molar-refractivity contribution is 14.3. The van der Waals surface area contributed by atoms with Crippen LogP contribution in [0, 0.1) is 13.8 Å². The van der Waals surface area contributed by atoms with Gasteiger partial charge in [0, 0.05) is 22.8 Å². The van der Waals surface area contributed by atoms with Gasteiger partial charge in [-0.25, -0.2) is 21.6 Å². The van der Waals surface area contributed by atoms with Crippen molar-refractivity contribution < 1.29 is 62.1 Å². The maximum absolute atomic E-state index is 13.5. The summed E-state index contributed by atoms with van der Waals surface area (Å²) in [6.07, 6.45) is 0. The monoisotopic (exact) mass is 1050 g/mol. The minimum Gasteiger partial charge on any atom is -0.494 e. The van der Waals surface area contributed by atoms with Gasteiger partial charge in [0.25, 0.3) is 0 Å². The fraction of sp³-hybridized carbons (Fsp3) is 0.296. The average Bonchev–Trinajstić information content (AvgIpc) is 3.02. The summed E-state index contributed by atoms with van der Waals surface area (Å²) in [7, 11) is -11.2. The molecule has 0 fully saturated rings. The summed E-state index contributed by atoms with van der Waals surface area (Å²) in [5.74, 6) is -2.21. The number of carboxylic acids is 1. The molecule has 0 aliphatic carbocycles. The summed E-state index contributed by atoms with van der Waals surface area (Å²) in [6, 6.07) is 6.17. The largest absolute Gasteiger partial charge is 0.494 e. The summed E-state index contributed by atoms with van der Waals surface area (Å²) in [5, 5.41) is 16.1. The van der Waals surface area contributed by atoms with E-state index in [1.165, 1.54) is 27.2 Å². The summed E-state index contributed by atoms with van der Waals surface area (Å²) >= 11 is 4.29. The Bertz CT molecular complexity index is 2490. The minimum absolute atomic E-state index is 0.0368. The lowest BCUT2D eigenvalue weighted by Crippen LogP contribution is -2.50. The molecule has 292 valence electrons. The van der Waals surface area contributed by atoms with Crippen molar-refractivity contribution in [3.63, 3.8) is 0 Å². The van der Waals surface area contributed by atoms with Crippen molar-refractivity contribution in [3.8, 4) is 11.5 Å². The highest BCUT2D eigenvalue weighted by atomic mass is 127. The van der Waals surface area contributed by atoms with Gasteiger partial charge in [0.15, 0.2) is 15.2 Å². The van der Waals surface area contributed by atoms with Crippen molar-refractivity contribution >= 4 is 94.8 Å². The molecule has 0 aliphatic heterocycles. The van der Waals surface area contributed by atoms with Crippen LogP contribution >= 0.6 is 46.8 Å². The van der Waals surface area contributed by atoms with E-state index in [1.807, 2.05) is 0 Å². The van der Waals surface area contributed by atoms with E-state index in [-0.39, 0.29) is 45.7 Å². The third-order valence-electron chi connectivity index (χ3n) is 6.81. The summed E-state index contributed by atoms with van der Waals surface area (Å²) in [5.41, 5.74) is 2.94. The van der Waals surface area contributed by atoms with Crippen molar-refractivity contribution in [2.45, 2.75) is 23.6 Å². The second-order valence-electron chi connectivity index (χ2n) is 10.4. The molecule has 3 aromatic rings. The third kappa shape index (κ3) is 12.0. The van der Waals surface area contributed by atoms with Crippen LogP contribution in [0.2, 0.25) is 0 Å². The number of aryl methyl sites for hydroxylation is 2. The Labute approximate surface area is 327 Å². The number of halogens is 2. The predicted molar refractivity (Wildman–Crippen MR) is 208 cm³/mol. The molecular weight excluding hydrogens is 1020 g/mol. The molecule has 3 aromatic carbocycles. The smallest absolute Gasteiger partial charge is 0.397 e. The van der Waals surface area contributed by atoms with Crippen LogP contribution < -0.4 is 41.9 Å². The molecular formula is C27H30I2N4O16S4. The maximum Gasteiger partial charge on any atom is 0.397 e. The molecule has 0 aliphatic rings. The Kier molecular flexibility index (Phi) is 14.8. The van der Waals surface area contributed by atoms with Gasteiger partial charge >= 0.3 is 26.8 Å². The van der Waals surface area contributed by atoms with E-state index >= 15 is 0 Å². The standard InChI is InChI=1S/C27H30I2N4O16S4/c1-14-9-17(20(46-3)12-22(14)50(28,29)7-5-48-52(40,41)42)31-33-25-19(34)11-16(27(36)37)24(26(25)35)32-30-18-10-15(2)23(13-21(18)47-4)51(38,39)8-6-49-53(43,44)45/h9-13,30-31H,5-8H2,1-4H3,(H,36,37)(H,40,41,42)(H,43,44,45). The zero-order valence-corrected chi connectivity index (χ0v) is 35.2. The number of carbonyl (C=O) groups is 1. The zero-order chi connectivity index (χ0) is 40.1. The first kappa shape index (κ1) is 44.4. The van der Waals surface area contributed by atoms with Crippen LogP contribution in [0.1, 0.15) is 21.5 Å². The number of aromatic carboxylic acids is 1. The number of nitrogens with zero attached hydrogens (tertiary/aromatic N) is 2. The SMILES string of the molecule is COc1cc(S(=O)(=O)CCOS(=O)(=O)O)c(C)cc1NN=c1c(C(=O)O)cc(=O)c(=NNc2cc(C)c(S(I)(I)CCOS(=O)(=O)O)cc2OC)c1=O. The first-order valence-electron chi connectivity index (χ1n) is 14.2. The Morgan fingerprint density at radius 1 is 0.736 bits per heavy atom. The van der Waals surface area contributed by atoms with E-state index in [1.54, 1.807) is 19.1 Å². The molecule has 0 amide bonds. The minimum atomic E-state index is -4.89. The summed E-state index contributed by atoms with van der Waals surface area (Å²) in [4.78, 5) is 38.9. The fourth-order valence-corrected chi connectivity index (χ4v) is 11.9. The highest BCUT2D eigenvalue weighted by Gasteiger charge is 2.25. The maximum atomic E-state index is 13.5. The molecule has 0 atom stereocenters. The number of sulfone groups is 1. The second-order valence-corrected chi connectivity index (χ2v) is 30.8. The number of carboxylic acid groups (broad SMARTS) is 1. The molecule has 0 heterocycles. The lowest BCUT2D eigenvalue weighted by molar-refractivity contribution is 0.0694. The number of benzene rings is 3. The van der Waals surface area contributed by atoms with Gasteiger partial charge in [-0.15, -0.1) is 4.37 Å². The molecule has 0 bridgehead atoms. The Morgan fingerprint density at radius 2 is 1.19 bits per heavy atom. The third-order valence-corrected chi connectivity index (χ3v) is 16.8. The first-order chi connectivity index (χ1) is 24.4. The van der Waals surface area contributed by atoms with E-state index in [0.29, 0.717) is 11.6 Å². The Balaban J connectivity index is 2.06. The molecule has 0 saturated heterocycles. The number of nitrogens with one attached hydrogen (secondary N) is 2. The van der Waals surface area contributed by atoms with Gasteiger partial charge < -0.3 is 14.6 Å². The number of anilines is 2. The molecule has 0 saturated carbocycles. The van der Waals surface area contributed by atoms with Gasteiger partial charge in [0.05, 0.1) is 55.0 Å². The van der Waals surface area contributed by atoms with E-state index in [2.05, 4.69) is 71.8 Å². The van der Waals surface area contributed by atoms with Crippen LogP contribution in [0.5, 0.6) is 11.5 Å². The van der Waals surface area contributed by atoms with E-state index < -0.39 is 80.5 Å². The van der Waals surface area contributed by atoms with Crippen LogP contribution in [0.3, 0.4) is 0 Å². The molecule has 0 radical (unpaired) electrons. The topological polar surface area (TPSA) is 300 Å². The van der Waals surface area contributed by atoms with E-state index in [4.69, 9.17) is 18.6 Å². The fourth-order valence-electron chi connectivity index (χ4n) is 4.45. The summed E-state index contributed by atoms with van der Waals surface area (Å²) in [6.45, 7) is 1.94. The van der Waals surface area contributed by atoms with Gasteiger partial charge in [0.2, 0.25) is 10.9 Å².